The summed E-state index contributed by atoms with van der Waals surface area (Å²) in [5.74, 6) is 1.55. The molecule has 0 aliphatic heterocycles. The van der Waals surface area contributed by atoms with E-state index in [2.05, 4.69) is 22.8 Å². The molecule has 0 radical (unpaired) electrons. The summed E-state index contributed by atoms with van der Waals surface area (Å²) in [6, 6.07) is 23.4. The van der Waals surface area contributed by atoms with Gasteiger partial charge in [-0.25, -0.2) is 0 Å². The molecule has 0 fully saturated rings. The van der Waals surface area contributed by atoms with Gasteiger partial charge in [-0.1, -0.05) is 24.3 Å². The Hall–Kier alpha value is -4.72. The van der Waals surface area contributed by atoms with E-state index in [9.17, 15) is 10.1 Å². The summed E-state index contributed by atoms with van der Waals surface area (Å²) >= 11 is 0. The highest BCUT2D eigenvalue weighted by Gasteiger charge is 2.25. The number of nitrogens with zero attached hydrogens (tertiary/aromatic N) is 1. The number of benzene rings is 4. The van der Waals surface area contributed by atoms with Crippen LogP contribution in [-0.2, 0) is 25.7 Å². The maximum Gasteiger partial charge on any atom is 0.296 e. The topological polar surface area (TPSA) is 112 Å². The molecule has 0 unspecified atom stereocenters. The Morgan fingerprint density at radius 2 is 1.19 bits per heavy atom. The van der Waals surface area contributed by atoms with Crippen molar-refractivity contribution in [3.63, 3.8) is 0 Å². The molecular formula is C34H38N4O4. The van der Waals surface area contributed by atoms with Crippen molar-refractivity contribution in [1.29, 1.82) is 0 Å². The van der Waals surface area contributed by atoms with Gasteiger partial charge in [-0.15, -0.1) is 0 Å². The Morgan fingerprint density at radius 1 is 0.690 bits per heavy atom. The van der Waals surface area contributed by atoms with Crippen molar-refractivity contribution in [2.24, 2.45) is 0 Å². The van der Waals surface area contributed by atoms with E-state index >= 15 is 0 Å². The Bertz CT molecular complexity index is 1570. The number of methoxy groups -OCH3 is 2. The van der Waals surface area contributed by atoms with Gasteiger partial charge in [0, 0.05) is 29.1 Å². The van der Waals surface area contributed by atoms with E-state index in [1.807, 2.05) is 60.7 Å². The third kappa shape index (κ3) is 6.60. The molecule has 0 saturated carbocycles. The Morgan fingerprint density at radius 3 is 1.76 bits per heavy atom. The molecule has 4 aromatic carbocycles. The number of ether oxygens (including phenoxy) is 2. The largest absolute Gasteiger partial charge is 0.497 e. The second kappa shape index (κ2) is 13.3. The third-order valence-corrected chi connectivity index (χ3v) is 7.96. The van der Waals surface area contributed by atoms with Crippen LogP contribution in [0.25, 0.3) is 0 Å². The zero-order chi connectivity index (χ0) is 29.5. The predicted octanol–water partition coefficient (Wildman–Crippen LogP) is 8.13. The molecule has 8 heteroatoms. The van der Waals surface area contributed by atoms with Crippen molar-refractivity contribution >= 4 is 34.1 Å². The van der Waals surface area contributed by atoms with Gasteiger partial charge in [-0.05, 0) is 104 Å². The second-order valence-electron chi connectivity index (χ2n) is 10.6. The van der Waals surface area contributed by atoms with Gasteiger partial charge in [0.2, 0.25) is 0 Å². The molecule has 42 heavy (non-hydrogen) atoms. The quantitative estimate of drug-likeness (QED) is 0.118. The monoisotopic (exact) mass is 566 g/mol. The first-order valence-corrected chi connectivity index (χ1v) is 14.5. The number of aryl methyl sites for hydroxylation is 2. The van der Waals surface area contributed by atoms with Gasteiger partial charge in [0.1, 0.15) is 17.2 Å². The zero-order valence-electron chi connectivity index (χ0n) is 24.2. The SMILES string of the molecule is COc1cccc(Nc2ccc3c(c2N)CCCC3)c1.COc1cccc(Nc2ccc3c(c2[N+](=O)[O-])CCCC3)c1. The van der Waals surface area contributed by atoms with Crippen LogP contribution in [0.3, 0.4) is 0 Å². The van der Waals surface area contributed by atoms with Crippen molar-refractivity contribution in [3.8, 4) is 11.5 Å². The fourth-order valence-electron chi connectivity index (χ4n) is 5.80. The molecule has 0 spiro atoms. The molecule has 4 N–H and O–H groups in total. The number of nitro benzene ring substituents is 1. The molecule has 0 atom stereocenters. The molecule has 0 heterocycles. The summed E-state index contributed by atoms with van der Waals surface area (Å²) < 4.78 is 10.4. The molecule has 2 aliphatic rings. The van der Waals surface area contributed by atoms with E-state index in [0.717, 1.165) is 78.2 Å². The fraction of sp³-hybridized carbons (Fsp3) is 0.294. The van der Waals surface area contributed by atoms with Crippen LogP contribution in [0.2, 0.25) is 0 Å². The van der Waals surface area contributed by atoms with Gasteiger partial charge in [-0.3, -0.25) is 10.1 Å². The standard InChI is InChI=1S/C17H18N2O3.C17H20N2O/c1-22-14-7-4-6-13(11-14)18-16-10-9-12-5-2-3-8-15(12)17(16)19(20)21;1-20-14-7-4-6-13(11-14)19-16-10-9-12-5-2-3-8-15(12)17(16)18/h4,6-7,9-11,18H,2-3,5,8H2,1H3;4,6-7,9-11,19H,2-3,5,8,18H2,1H3. The first-order chi connectivity index (χ1) is 20.5. The van der Waals surface area contributed by atoms with Crippen LogP contribution in [0.5, 0.6) is 11.5 Å². The van der Waals surface area contributed by atoms with Crippen molar-refractivity contribution < 1.29 is 14.4 Å². The number of anilines is 5. The number of nitrogen functional groups attached to an aromatic ring is 1. The molecule has 8 nitrogen and oxygen atoms in total. The van der Waals surface area contributed by atoms with Crippen LogP contribution >= 0.6 is 0 Å². The highest BCUT2D eigenvalue weighted by atomic mass is 16.6. The van der Waals surface area contributed by atoms with Gasteiger partial charge < -0.3 is 25.8 Å². The average Bonchev–Trinajstić information content (AvgIpc) is 3.03. The predicted molar refractivity (Wildman–Crippen MR) is 170 cm³/mol. The van der Waals surface area contributed by atoms with Gasteiger partial charge in [-0.2, -0.15) is 0 Å². The third-order valence-electron chi connectivity index (χ3n) is 7.96. The molecule has 0 aromatic heterocycles. The number of hydrogen-bond donors (Lipinski definition) is 3. The van der Waals surface area contributed by atoms with Crippen LogP contribution in [-0.4, -0.2) is 19.1 Å². The molecule has 2 aliphatic carbocycles. The smallest absolute Gasteiger partial charge is 0.296 e. The van der Waals surface area contributed by atoms with Crippen LogP contribution in [0.1, 0.15) is 47.9 Å². The summed E-state index contributed by atoms with van der Waals surface area (Å²) in [5, 5.41) is 18.1. The molecule has 6 rings (SSSR count). The molecule has 4 aromatic rings. The Labute approximate surface area is 247 Å². The van der Waals surface area contributed by atoms with Crippen LogP contribution in [0.15, 0.2) is 72.8 Å². The lowest BCUT2D eigenvalue weighted by atomic mass is 9.90. The summed E-state index contributed by atoms with van der Waals surface area (Å²) in [6.45, 7) is 0. The number of nitrogens with two attached hydrogens (primary N) is 1. The summed E-state index contributed by atoms with van der Waals surface area (Å²) in [7, 11) is 3.27. The number of fused-ring (bicyclic) bond motifs is 2. The van der Waals surface area contributed by atoms with E-state index in [1.165, 1.54) is 24.0 Å². The van der Waals surface area contributed by atoms with Crippen molar-refractivity contribution in [2.45, 2.75) is 51.4 Å². The fourth-order valence-corrected chi connectivity index (χ4v) is 5.80. The molecule has 0 bridgehead atoms. The van der Waals surface area contributed by atoms with E-state index in [1.54, 1.807) is 14.2 Å². The lowest BCUT2D eigenvalue weighted by molar-refractivity contribution is -0.384. The molecule has 218 valence electrons. The van der Waals surface area contributed by atoms with Crippen molar-refractivity contribution in [2.75, 3.05) is 30.6 Å². The van der Waals surface area contributed by atoms with E-state index in [4.69, 9.17) is 15.2 Å². The van der Waals surface area contributed by atoms with Gasteiger partial charge >= 0.3 is 0 Å². The lowest BCUT2D eigenvalue weighted by Gasteiger charge is -2.20. The van der Waals surface area contributed by atoms with E-state index in [0.29, 0.717) is 11.4 Å². The Balaban J connectivity index is 0.000000169. The maximum atomic E-state index is 11.5. The summed E-state index contributed by atoms with van der Waals surface area (Å²) in [4.78, 5) is 11.3. The minimum absolute atomic E-state index is 0.208. The van der Waals surface area contributed by atoms with Gasteiger partial charge in [0.25, 0.3) is 5.69 Å². The summed E-state index contributed by atoms with van der Waals surface area (Å²) in [5.41, 5.74) is 15.4. The normalized spacial score (nSPS) is 13.5. The number of nitro groups is 1. The van der Waals surface area contributed by atoms with E-state index in [-0.39, 0.29) is 10.6 Å². The maximum absolute atomic E-state index is 11.5. The van der Waals surface area contributed by atoms with Gasteiger partial charge in [0.15, 0.2) is 0 Å². The number of nitrogens with one attached hydrogen (secondary N) is 2. The summed E-state index contributed by atoms with van der Waals surface area (Å²) in [6.07, 6.45) is 8.57. The first-order valence-electron chi connectivity index (χ1n) is 14.5. The van der Waals surface area contributed by atoms with Crippen molar-refractivity contribution in [1.82, 2.24) is 0 Å². The van der Waals surface area contributed by atoms with Crippen LogP contribution in [0, 0.1) is 10.1 Å². The number of rotatable bonds is 7. The number of hydrogen-bond acceptors (Lipinski definition) is 7. The zero-order valence-corrected chi connectivity index (χ0v) is 24.2. The first kappa shape index (κ1) is 28.8. The van der Waals surface area contributed by atoms with Crippen LogP contribution < -0.4 is 25.8 Å². The highest BCUT2D eigenvalue weighted by Crippen LogP contribution is 2.38. The van der Waals surface area contributed by atoms with Gasteiger partial charge in [0.05, 0.1) is 30.5 Å². The van der Waals surface area contributed by atoms with E-state index < -0.39 is 0 Å². The minimum atomic E-state index is -0.271. The van der Waals surface area contributed by atoms with Crippen molar-refractivity contribution in [3.05, 3.63) is 105 Å². The molecule has 0 amide bonds. The second-order valence-corrected chi connectivity index (χ2v) is 10.6. The highest BCUT2D eigenvalue weighted by molar-refractivity contribution is 5.77. The molecule has 0 saturated heterocycles. The average molecular weight is 567 g/mol. The molecular weight excluding hydrogens is 528 g/mol. The lowest BCUT2D eigenvalue weighted by Crippen LogP contribution is -2.08. The minimum Gasteiger partial charge on any atom is -0.497 e. The van der Waals surface area contributed by atoms with Crippen LogP contribution in [0.4, 0.5) is 34.1 Å². The Kier molecular flexibility index (Phi) is 9.12.